The Morgan fingerprint density at radius 1 is 1.42 bits per heavy atom. The van der Waals surface area contributed by atoms with Crippen LogP contribution in [0.2, 0.25) is 0 Å². The number of H-pyrrole nitrogens is 1. The van der Waals surface area contributed by atoms with E-state index >= 15 is 0 Å². The molecule has 0 aliphatic carbocycles. The number of nitrogen functional groups attached to an aromatic ring is 1. The molecular formula is C9H9BrN2. The van der Waals surface area contributed by atoms with Gasteiger partial charge in [0.25, 0.3) is 0 Å². The molecule has 1 aromatic carbocycles. The number of nitrogens with one attached hydrogen (secondary N) is 1. The fourth-order valence-electron chi connectivity index (χ4n) is 1.34. The van der Waals surface area contributed by atoms with Gasteiger partial charge in [-0.3, -0.25) is 0 Å². The molecule has 62 valence electrons. The minimum atomic E-state index is 0.817. The first-order valence-corrected chi connectivity index (χ1v) is 4.51. The third kappa shape index (κ3) is 1.01. The van der Waals surface area contributed by atoms with Gasteiger partial charge in [-0.2, -0.15) is 0 Å². The zero-order valence-corrected chi connectivity index (χ0v) is 8.27. The normalized spacial score (nSPS) is 10.8. The Hall–Kier alpha value is -0.960. The standard InChI is InChI=1S/C9H9BrN2/c1-5-4-6-8(11)3-2-7(10)9(6)12-5/h2-4,12H,11H2,1H3. The van der Waals surface area contributed by atoms with Crippen LogP contribution in [0.5, 0.6) is 0 Å². The molecule has 0 aliphatic rings. The number of hydrogen-bond donors (Lipinski definition) is 2. The third-order valence-corrected chi connectivity index (χ3v) is 2.57. The van der Waals surface area contributed by atoms with Gasteiger partial charge < -0.3 is 10.7 Å². The van der Waals surface area contributed by atoms with Crippen molar-refractivity contribution in [3.05, 3.63) is 28.4 Å². The molecule has 2 nitrogen and oxygen atoms in total. The van der Waals surface area contributed by atoms with Crippen LogP contribution in [-0.4, -0.2) is 4.98 Å². The van der Waals surface area contributed by atoms with Crippen LogP contribution < -0.4 is 5.73 Å². The number of nitrogens with two attached hydrogens (primary N) is 1. The van der Waals surface area contributed by atoms with Crippen molar-refractivity contribution in [2.24, 2.45) is 0 Å². The zero-order chi connectivity index (χ0) is 8.72. The van der Waals surface area contributed by atoms with Crippen molar-refractivity contribution in [1.82, 2.24) is 4.98 Å². The molecule has 3 N–H and O–H groups in total. The average molecular weight is 225 g/mol. The number of fused-ring (bicyclic) bond motifs is 1. The second-order valence-electron chi connectivity index (χ2n) is 2.88. The van der Waals surface area contributed by atoms with Gasteiger partial charge in [-0.15, -0.1) is 0 Å². The van der Waals surface area contributed by atoms with Crippen LogP contribution in [0.3, 0.4) is 0 Å². The lowest BCUT2D eigenvalue weighted by atomic mass is 10.2. The molecule has 0 fully saturated rings. The molecule has 3 heteroatoms. The van der Waals surface area contributed by atoms with E-state index < -0.39 is 0 Å². The first-order chi connectivity index (χ1) is 5.68. The maximum absolute atomic E-state index is 5.80. The summed E-state index contributed by atoms with van der Waals surface area (Å²) < 4.78 is 1.06. The van der Waals surface area contributed by atoms with Crippen molar-refractivity contribution in [1.29, 1.82) is 0 Å². The Kier molecular flexibility index (Phi) is 1.61. The highest BCUT2D eigenvalue weighted by Gasteiger charge is 2.03. The lowest BCUT2D eigenvalue weighted by Crippen LogP contribution is -1.84. The van der Waals surface area contributed by atoms with Crippen molar-refractivity contribution < 1.29 is 0 Å². The van der Waals surface area contributed by atoms with Gasteiger partial charge in [0.2, 0.25) is 0 Å². The molecule has 0 unspecified atom stereocenters. The van der Waals surface area contributed by atoms with Crippen molar-refractivity contribution in [3.8, 4) is 0 Å². The molecule has 0 saturated heterocycles. The number of aromatic nitrogens is 1. The smallest absolute Gasteiger partial charge is 0.0621 e. The molecular weight excluding hydrogens is 216 g/mol. The molecule has 2 rings (SSSR count). The number of halogens is 1. The van der Waals surface area contributed by atoms with Crippen LogP contribution in [0.1, 0.15) is 5.69 Å². The Balaban J connectivity index is 2.93. The number of aryl methyl sites for hydroxylation is 1. The van der Waals surface area contributed by atoms with Gasteiger partial charge in [0.15, 0.2) is 0 Å². The van der Waals surface area contributed by atoms with Gasteiger partial charge in [0.1, 0.15) is 0 Å². The summed E-state index contributed by atoms with van der Waals surface area (Å²) in [4.78, 5) is 3.24. The van der Waals surface area contributed by atoms with E-state index in [1.807, 2.05) is 19.1 Å². The summed E-state index contributed by atoms with van der Waals surface area (Å²) in [7, 11) is 0. The Bertz CT molecular complexity index is 392. The van der Waals surface area contributed by atoms with Crippen molar-refractivity contribution in [3.63, 3.8) is 0 Å². The molecule has 0 radical (unpaired) electrons. The highest BCUT2D eigenvalue weighted by Crippen LogP contribution is 2.28. The second kappa shape index (κ2) is 2.52. The van der Waals surface area contributed by atoms with Crippen LogP contribution in [0.4, 0.5) is 5.69 Å². The first kappa shape index (κ1) is 7.68. The van der Waals surface area contributed by atoms with Gasteiger partial charge in [0, 0.05) is 21.2 Å². The largest absolute Gasteiger partial charge is 0.398 e. The number of anilines is 1. The minimum Gasteiger partial charge on any atom is -0.398 e. The van der Waals surface area contributed by atoms with Crippen molar-refractivity contribution in [2.45, 2.75) is 6.92 Å². The van der Waals surface area contributed by atoms with E-state index in [9.17, 15) is 0 Å². The monoisotopic (exact) mass is 224 g/mol. The SMILES string of the molecule is Cc1cc2c(N)ccc(Br)c2[nH]1. The highest BCUT2D eigenvalue weighted by atomic mass is 79.9. The predicted octanol–water partition coefficient (Wildman–Crippen LogP) is 2.82. The van der Waals surface area contributed by atoms with Gasteiger partial charge in [-0.05, 0) is 41.1 Å². The molecule has 12 heavy (non-hydrogen) atoms. The quantitative estimate of drug-likeness (QED) is 0.665. The van der Waals surface area contributed by atoms with Gasteiger partial charge in [-0.1, -0.05) is 0 Å². The van der Waals surface area contributed by atoms with Crippen molar-refractivity contribution >= 4 is 32.5 Å². The van der Waals surface area contributed by atoms with E-state index in [2.05, 4.69) is 27.0 Å². The molecule has 0 bridgehead atoms. The highest BCUT2D eigenvalue weighted by molar-refractivity contribution is 9.10. The molecule has 0 aliphatic heterocycles. The molecule has 1 heterocycles. The molecule has 2 aromatic rings. The summed E-state index contributed by atoms with van der Waals surface area (Å²) in [6.07, 6.45) is 0. The summed E-state index contributed by atoms with van der Waals surface area (Å²) in [5.41, 5.74) is 8.82. The fourth-order valence-corrected chi connectivity index (χ4v) is 1.79. The van der Waals surface area contributed by atoms with Crippen LogP contribution in [0.15, 0.2) is 22.7 Å². The van der Waals surface area contributed by atoms with E-state index in [0.717, 1.165) is 26.8 Å². The summed E-state index contributed by atoms with van der Waals surface area (Å²) in [5.74, 6) is 0. The Morgan fingerprint density at radius 3 is 2.83 bits per heavy atom. The molecule has 1 aromatic heterocycles. The van der Waals surface area contributed by atoms with E-state index in [-0.39, 0.29) is 0 Å². The van der Waals surface area contributed by atoms with Crippen molar-refractivity contribution in [2.75, 3.05) is 5.73 Å². The van der Waals surface area contributed by atoms with Crippen LogP contribution in [0.25, 0.3) is 10.9 Å². The van der Waals surface area contributed by atoms with Gasteiger partial charge in [-0.25, -0.2) is 0 Å². The Labute approximate surface area is 78.9 Å². The number of benzene rings is 1. The summed E-state index contributed by atoms with van der Waals surface area (Å²) in [5, 5.41) is 1.09. The summed E-state index contributed by atoms with van der Waals surface area (Å²) in [6.45, 7) is 2.02. The van der Waals surface area contributed by atoms with Crippen LogP contribution in [0, 0.1) is 6.92 Å². The summed E-state index contributed by atoms with van der Waals surface area (Å²) in [6, 6.07) is 5.91. The first-order valence-electron chi connectivity index (χ1n) is 3.72. The Morgan fingerprint density at radius 2 is 2.17 bits per heavy atom. The minimum absolute atomic E-state index is 0.817. The number of rotatable bonds is 0. The maximum atomic E-state index is 5.80. The maximum Gasteiger partial charge on any atom is 0.0621 e. The predicted molar refractivity (Wildman–Crippen MR) is 55.1 cm³/mol. The topological polar surface area (TPSA) is 41.8 Å². The molecule has 0 spiro atoms. The van der Waals surface area contributed by atoms with E-state index in [1.165, 1.54) is 0 Å². The van der Waals surface area contributed by atoms with E-state index in [1.54, 1.807) is 0 Å². The van der Waals surface area contributed by atoms with Crippen LogP contribution >= 0.6 is 15.9 Å². The molecule has 0 atom stereocenters. The third-order valence-electron chi connectivity index (χ3n) is 1.91. The molecule has 0 amide bonds. The fraction of sp³-hybridized carbons (Fsp3) is 0.111. The van der Waals surface area contributed by atoms with Crippen LogP contribution in [-0.2, 0) is 0 Å². The average Bonchev–Trinajstić information content (AvgIpc) is 2.41. The lowest BCUT2D eigenvalue weighted by Gasteiger charge is -1.96. The summed E-state index contributed by atoms with van der Waals surface area (Å²) >= 11 is 3.46. The van der Waals surface area contributed by atoms with Gasteiger partial charge >= 0.3 is 0 Å². The lowest BCUT2D eigenvalue weighted by molar-refractivity contribution is 1.30. The number of aromatic amines is 1. The number of hydrogen-bond acceptors (Lipinski definition) is 1. The molecule has 0 saturated carbocycles. The van der Waals surface area contributed by atoms with E-state index in [0.29, 0.717) is 0 Å². The van der Waals surface area contributed by atoms with Gasteiger partial charge in [0.05, 0.1) is 5.52 Å². The van der Waals surface area contributed by atoms with E-state index in [4.69, 9.17) is 5.73 Å². The second-order valence-corrected chi connectivity index (χ2v) is 3.73. The zero-order valence-electron chi connectivity index (χ0n) is 6.69.